The van der Waals surface area contributed by atoms with E-state index in [4.69, 9.17) is 4.74 Å². The van der Waals surface area contributed by atoms with Crippen molar-refractivity contribution in [3.8, 4) is 5.75 Å². The van der Waals surface area contributed by atoms with Crippen LogP contribution in [0.3, 0.4) is 0 Å². The highest BCUT2D eigenvalue weighted by atomic mass is 32.2. The number of sulfonamides is 1. The molecule has 0 aromatic heterocycles. The summed E-state index contributed by atoms with van der Waals surface area (Å²) in [5.41, 5.74) is 0.613. The van der Waals surface area contributed by atoms with Crippen LogP contribution in [0.5, 0.6) is 5.75 Å². The van der Waals surface area contributed by atoms with Crippen LogP contribution in [0, 0.1) is 0 Å². The molecule has 1 N–H and O–H groups in total. The number of anilines is 1. The van der Waals surface area contributed by atoms with E-state index in [0.717, 1.165) is 4.90 Å². The first-order chi connectivity index (χ1) is 16.0. The predicted octanol–water partition coefficient (Wildman–Crippen LogP) is 3.13. The molecule has 1 atom stereocenters. The van der Waals surface area contributed by atoms with Gasteiger partial charge in [0.15, 0.2) is 0 Å². The van der Waals surface area contributed by atoms with Crippen LogP contribution in [0.15, 0.2) is 47.4 Å². The van der Waals surface area contributed by atoms with Crippen molar-refractivity contribution in [1.82, 2.24) is 9.21 Å². The predicted molar refractivity (Wildman–Crippen MR) is 127 cm³/mol. The van der Waals surface area contributed by atoms with E-state index in [1.807, 2.05) is 0 Å². The second-order valence-electron chi connectivity index (χ2n) is 8.11. The third-order valence-electron chi connectivity index (χ3n) is 5.51. The normalized spacial score (nSPS) is 14.5. The molecule has 9 nitrogen and oxygen atoms in total. The molecular weight excluding hydrogens is 458 g/mol. The molecule has 0 saturated carbocycles. The summed E-state index contributed by atoms with van der Waals surface area (Å²) < 4.78 is 33.0. The summed E-state index contributed by atoms with van der Waals surface area (Å²) in [6, 6.07) is 9.48. The molecule has 182 valence electrons. The van der Waals surface area contributed by atoms with E-state index in [0.29, 0.717) is 13.1 Å². The molecule has 1 aliphatic heterocycles. The third kappa shape index (κ3) is 4.69. The van der Waals surface area contributed by atoms with E-state index < -0.39 is 33.8 Å². The average Bonchev–Trinajstić information content (AvgIpc) is 3.05. The molecule has 2 aromatic carbocycles. The van der Waals surface area contributed by atoms with Crippen LogP contribution in [0.4, 0.5) is 5.69 Å². The second kappa shape index (κ2) is 9.94. The van der Waals surface area contributed by atoms with Crippen LogP contribution in [0.1, 0.15) is 55.3 Å². The van der Waals surface area contributed by atoms with Crippen molar-refractivity contribution in [2.24, 2.45) is 0 Å². The molecular formula is C24H29N3O6S. The lowest BCUT2D eigenvalue weighted by atomic mass is 10.1. The number of fused-ring (bicyclic) bond motifs is 1. The summed E-state index contributed by atoms with van der Waals surface area (Å²) >= 11 is 0. The molecule has 2 aromatic rings. The van der Waals surface area contributed by atoms with Crippen LogP contribution in [-0.4, -0.2) is 60.6 Å². The molecule has 3 amide bonds. The number of nitrogens with one attached hydrogen (secondary N) is 1. The summed E-state index contributed by atoms with van der Waals surface area (Å²) in [7, 11) is -3.79. The van der Waals surface area contributed by atoms with Gasteiger partial charge in [-0.3, -0.25) is 19.3 Å². The maximum absolute atomic E-state index is 13.1. The van der Waals surface area contributed by atoms with Crippen molar-refractivity contribution < 1.29 is 27.5 Å². The smallest absolute Gasteiger partial charge is 0.262 e. The molecule has 0 radical (unpaired) electrons. The second-order valence-corrected chi connectivity index (χ2v) is 10.0. The number of carbonyl (C=O) groups is 3. The molecule has 0 saturated heterocycles. The fourth-order valence-corrected chi connectivity index (χ4v) is 5.24. The quantitative estimate of drug-likeness (QED) is 0.544. The Morgan fingerprint density at radius 1 is 1.00 bits per heavy atom. The molecule has 0 bridgehead atoms. The Morgan fingerprint density at radius 2 is 1.56 bits per heavy atom. The lowest BCUT2D eigenvalue weighted by Gasteiger charge is -2.24. The standard InChI is InChI=1S/C24H29N3O6S/c1-6-26(7-2)34(31,32)17-12-13-21(33-15(3)4)20(14-17)25-22(28)16(5)27-23(29)18-10-8-9-11-19(18)24(27)30/h8-16H,6-7H2,1-5H3,(H,25,28). The number of amides is 3. The molecule has 0 fully saturated rings. The van der Waals surface area contributed by atoms with Gasteiger partial charge >= 0.3 is 0 Å². The summed E-state index contributed by atoms with van der Waals surface area (Å²) in [6.07, 6.45) is -0.241. The molecule has 0 aliphatic carbocycles. The third-order valence-corrected chi connectivity index (χ3v) is 7.55. The molecule has 0 spiro atoms. The number of carbonyl (C=O) groups excluding carboxylic acids is 3. The Morgan fingerprint density at radius 3 is 2.06 bits per heavy atom. The zero-order valence-electron chi connectivity index (χ0n) is 19.9. The minimum Gasteiger partial charge on any atom is -0.489 e. The van der Waals surface area contributed by atoms with E-state index in [1.54, 1.807) is 39.8 Å². The van der Waals surface area contributed by atoms with Crippen LogP contribution < -0.4 is 10.1 Å². The maximum atomic E-state index is 13.1. The first-order valence-corrected chi connectivity index (χ1v) is 12.6. The number of benzene rings is 2. The molecule has 1 heterocycles. The van der Waals surface area contributed by atoms with Gasteiger partial charge in [-0.25, -0.2) is 8.42 Å². The zero-order chi connectivity index (χ0) is 25.2. The van der Waals surface area contributed by atoms with Crippen molar-refractivity contribution in [1.29, 1.82) is 0 Å². The lowest BCUT2D eigenvalue weighted by molar-refractivity contribution is -0.119. The van der Waals surface area contributed by atoms with E-state index in [1.165, 1.54) is 41.6 Å². The molecule has 10 heteroatoms. The number of hydrogen-bond donors (Lipinski definition) is 1. The van der Waals surface area contributed by atoms with Crippen molar-refractivity contribution >= 4 is 33.4 Å². The summed E-state index contributed by atoms with van der Waals surface area (Å²) in [5.74, 6) is -1.49. The minimum atomic E-state index is -3.79. The fraction of sp³-hybridized carbons (Fsp3) is 0.375. The number of imide groups is 1. The van der Waals surface area contributed by atoms with Gasteiger partial charge in [0.2, 0.25) is 15.9 Å². The highest BCUT2D eigenvalue weighted by Gasteiger charge is 2.40. The number of nitrogens with zero attached hydrogens (tertiary/aromatic N) is 2. The Bertz CT molecular complexity index is 1190. The topological polar surface area (TPSA) is 113 Å². The van der Waals surface area contributed by atoms with Crippen LogP contribution in [0.2, 0.25) is 0 Å². The van der Waals surface area contributed by atoms with Crippen LogP contribution in [-0.2, 0) is 14.8 Å². The highest BCUT2D eigenvalue weighted by Crippen LogP contribution is 2.31. The van der Waals surface area contributed by atoms with E-state index in [9.17, 15) is 22.8 Å². The van der Waals surface area contributed by atoms with Gasteiger partial charge in [0, 0.05) is 13.1 Å². The van der Waals surface area contributed by atoms with Gasteiger partial charge in [0.1, 0.15) is 11.8 Å². The zero-order valence-corrected chi connectivity index (χ0v) is 20.7. The van der Waals surface area contributed by atoms with E-state index in [2.05, 4.69) is 5.32 Å². The Balaban J connectivity index is 1.93. The van der Waals surface area contributed by atoms with E-state index >= 15 is 0 Å². The summed E-state index contributed by atoms with van der Waals surface area (Å²) in [4.78, 5) is 39.5. The van der Waals surface area contributed by atoms with Crippen molar-refractivity contribution in [3.63, 3.8) is 0 Å². The van der Waals surface area contributed by atoms with Crippen molar-refractivity contribution in [3.05, 3.63) is 53.6 Å². The van der Waals surface area contributed by atoms with Crippen molar-refractivity contribution in [2.75, 3.05) is 18.4 Å². The minimum absolute atomic E-state index is 0.00371. The largest absolute Gasteiger partial charge is 0.489 e. The van der Waals surface area contributed by atoms with Gasteiger partial charge in [0.05, 0.1) is 27.8 Å². The average molecular weight is 488 g/mol. The van der Waals surface area contributed by atoms with Gasteiger partial charge in [0.25, 0.3) is 11.8 Å². The summed E-state index contributed by atoms with van der Waals surface area (Å²) in [5, 5.41) is 2.65. The van der Waals surface area contributed by atoms with Gasteiger partial charge in [-0.1, -0.05) is 26.0 Å². The molecule has 1 aliphatic rings. The highest BCUT2D eigenvalue weighted by molar-refractivity contribution is 7.89. The summed E-state index contributed by atoms with van der Waals surface area (Å²) in [6.45, 7) is 9.11. The monoisotopic (exact) mass is 487 g/mol. The fourth-order valence-electron chi connectivity index (χ4n) is 3.75. The number of hydrogen-bond acceptors (Lipinski definition) is 6. The van der Waals surface area contributed by atoms with E-state index in [-0.39, 0.29) is 33.6 Å². The molecule has 34 heavy (non-hydrogen) atoms. The molecule has 3 rings (SSSR count). The van der Waals surface area contributed by atoms with Crippen molar-refractivity contribution in [2.45, 2.75) is 51.7 Å². The first kappa shape index (κ1) is 25.4. The maximum Gasteiger partial charge on any atom is 0.262 e. The SMILES string of the molecule is CCN(CC)S(=O)(=O)c1ccc(OC(C)C)c(NC(=O)C(C)N2C(=O)c3ccccc3C2=O)c1. The lowest BCUT2D eigenvalue weighted by Crippen LogP contribution is -2.45. The molecule has 1 unspecified atom stereocenters. The van der Waals surface area contributed by atoms with Crippen LogP contribution >= 0.6 is 0 Å². The Hall–Kier alpha value is -3.24. The number of ether oxygens (including phenoxy) is 1. The Labute approximate surface area is 199 Å². The van der Waals surface area contributed by atoms with Gasteiger partial charge in [-0.05, 0) is 51.1 Å². The van der Waals surface area contributed by atoms with Gasteiger partial charge in [-0.15, -0.1) is 0 Å². The Kier molecular flexibility index (Phi) is 7.42. The number of rotatable bonds is 9. The van der Waals surface area contributed by atoms with Gasteiger partial charge in [-0.2, -0.15) is 4.31 Å². The van der Waals surface area contributed by atoms with Gasteiger partial charge < -0.3 is 10.1 Å². The van der Waals surface area contributed by atoms with Crippen LogP contribution in [0.25, 0.3) is 0 Å². The first-order valence-electron chi connectivity index (χ1n) is 11.1.